The molecule has 0 N–H and O–H groups in total. The van der Waals surface area contributed by atoms with Crippen molar-refractivity contribution in [2.45, 2.75) is 23.7 Å². The Labute approximate surface area is 131 Å². The van der Waals surface area contributed by atoms with Crippen LogP contribution in [0.1, 0.15) is 12.5 Å². The van der Waals surface area contributed by atoms with Crippen LogP contribution in [0.25, 0.3) is 0 Å². The second kappa shape index (κ2) is 6.52. The Morgan fingerprint density at radius 2 is 2.10 bits per heavy atom. The number of rotatable bonds is 4. The highest BCUT2D eigenvalue weighted by Gasteiger charge is 2.32. The first-order valence-corrected chi connectivity index (χ1v) is 8.81. The van der Waals surface area contributed by atoms with Crippen molar-refractivity contribution >= 4 is 21.6 Å². The lowest BCUT2D eigenvalue weighted by atomic mass is 10.2. The van der Waals surface area contributed by atoms with Gasteiger partial charge in [0.25, 0.3) is 0 Å². The Morgan fingerprint density at radius 3 is 2.67 bits per heavy atom. The topological polar surface area (TPSA) is 49.9 Å². The van der Waals surface area contributed by atoms with Crippen LogP contribution in [-0.2, 0) is 15.9 Å². The second-order valence-corrected chi connectivity index (χ2v) is 7.49. The smallest absolute Gasteiger partial charge is 0.246 e. The summed E-state index contributed by atoms with van der Waals surface area (Å²) < 4.78 is 32.4. The van der Waals surface area contributed by atoms with E-state index in [1.807, 2.05) is 14.0 Å². The van der Waals surface area contributed by atoms with E-state index in [2.05, 4.69) is 4.90 Å². The lowest BCUT2D eigenvalue weighted by Crippen LogP contribution is -2.51. The maximum absolute atomic E-state index is 12.8. The van der Waals surface area contributed by atoms with Crippen molar-refractivity contribution in [2.75, 3.05) is 33.8 Å². The van der Waals surface area contributed by atoms with Gasteiger partial charge in [-0.15, -0.1) is 11.6 Å². The minimum atomic E-state index is -3.55. The summed E-state index contributed by atoms with van der Waals surface area (Å²) in [6.07, 6.45) is 0. The molecule has 1 saturated heterocycles. The average Bonchev–Trinajstić information content (AvgIpc) is 2.49. The minimum absolute atomic E-state index is 0.196. The predicted octanol–water partition coefficient (Wildman–Crippen LogP) is 1.76. The number of halogens is 1. The van der Waals surface area contributed by atoms with Gasteiger partial charge >= 0.3 is 0 Å². The molecule has 21 heavy (non-hydrogen) atoms. The van der Waals surface area contributed by atoms with Gasteiger partial charge in [0.1, 0.15) is 10.6 Å². The third kappa shape index (κ3) is 3.34. The lowest BCUT2D eigenvalue weighted by Gasteiger charge is -2.37. The molecule has 0 aromatic heterocycles. The molecule has 0 bridgehead atoms. The molecule has 118 valence electrons. The fourth-order valence-electron chi connectivity index (χ4n) is 2.38. The Hall–Kier alpha value is -0.820. The first kappa shape index (κ1) is 16.5. The number of hydrogen-bond acceptors (Lipinski definition) is 4. The molecule has 1 unspecified atom stereocenters. The van der Waals surface area contributed by atoms with Crippen LogP contribution in [0.2, 0.25) is 0 Å². The van der Waals surface area contributed by atoms with Gasteiger partial charge in [0.05, 0.1) is 7.11 Å². The van der Waals surface area contributed by atoms with Gasteiger partial charge in [0, 0.05) is 31.6 Å². The molecule has 0 spiro atoms. The van der Waals surface area contributed by atoms with Crippen molar-refractivity contribution in [3.63, 3.8) is 0 Å². The van der Waals surface area contributed by atoms with Crippen molar-refractivity contribution in [2.24, 2.45) is 0 Å². The molecule has 1 aromatic rings. The summed E-state index contributed by atoms with van der Waals surface area (Å²) in [5.41, 5.74) is 0.833. The van der Waals surface area contributed by atoms with Crippen LogP contribution in [0.3, 0.4) is 0 Å². The maximum atomic E-state index is 12.8. The monoisotopic (exact) mass is 332 g/mol. The van der Waals surface area contributed by atoms with Crippen LogP contribution < -0.4 is 4.74 Å². The molecule has 0 aliphatic carbocycles. The number of likely N-dealkylation sites (N-methyl/N-ethyl adjacent to an activating group) is 1. The Morgan fingerprint density at radius 1 is 1.38 bits per heavy atom. The number of sulfonamides is 1. The lowest BCUT2D eigenvalue weighted by molar-refractivity contribution is 0.159. The zero-order chi connectivity index (χ0) is 15.6. The van der Waals surface area contributed by atoms with Crippen molar-refractivity contribution < 1.29 is 13.2 Å². The highest BCUT2D eigenvalue weighted by Crippen LogP contribution is 2.29. The highest BCUT2D eigenvalue weighted by atomic mass is 35.5. The van der Waals surface area contributed by atoms with E-state index in [1.54, 1.807) is 18.2 Å². The van der Waals surface area contributed by atoms with Gasteiger partial charge in [-0.1, -0.05) is 6.07 Å². The van der Waals surface area contributed by atoms with E-state index >= 15 is 0 Å². The van der Waals surface area contributed by atoms with E-state index in [0.717, 1.165) is 12.1 Å². The number of methoxy groups -OCH3 is 1. The van der Waals surface area contributed by atoms with Crippen molar-refractivity contribution in [3.05, 3.63) is 23.8 Å². The Kier molecular flexibility index (Phi) is 5.14. The van der Waals surface area contributed by atoms with Gasteiger partial charge in [0.15, 0.2) is 0 Å². The minimum Gasteiger partial charge on any atom is -0.495 e. The van der Waals surface area contributed by atoms with Crippen LogP contribution in [0.15, 0.2) is 23.1 Å². The second-order valence-electron chi connectivity index (χ2n) is 5.31. The maximum Gasteiger partial charge on any atom is 0.246 e. The average molecular weight is 333 g/mol. The third-order valence-corrected chi connectivity index (χ3v) is 6.14. The largest absolute Gasteiger partial charge is 0.495 e. The molecule has 0 amide bonds. The normalized spacial score (nSPS) is 21.4. The molecule has 1 fully saturated rings. The van der Waals surface area contributed by atoms with Gasteiger partial charge in [-0.05, 0) is 31.7 Å². The Bertz CT molecular complexity index is 606. The summed E-state index contributed by atoms with van der Waals surface area (Å²) in [5.74, 6) is 0.669. The van der Waals surface area contributed by atoms with E-state index in [9.17, 15) is 8.42 Å². The molecular formula is C14H21ClN2O3S. The van der Waals surface area contributed by atoms with Gasteiger partial charge in [-0.2, -0.15) is 4.31 Å². The molecule has 1 heterocycles. The van der Waals surface area contributed by atoms with Crippen LogP contribution in [0.4, 0.5) is 0 Å². The summed E-state index contributed by atoms with van der Waals surface area (Å²) in [6, 6.07) is 5.18. The van der Waals surface area contributed by atoms with Crippen LogP contribution in [0, 0.1) is 0 Å². The fraction of sp³-hybridized carbons (Fsp3) is 0.571. The zero-order valence-electron chi connectivity index (χ0n) is 12.5. The van der Waals surface area contributed by atoms with Crippen molar-refractivity contribution in [1.82, 2.24) is 9.21 Å². The van der Waals surface area contributed by atoms with E-state index in [-0.39, 0.29) is 10.9 Å². The van der Waals surface area contributed by atoms with Crippen LogP contribution in [-0.4, -0.2) is 57.5 Å². The quantitative estimate of drug-likeness (QED) is 0.788. The third-order valence-electron chi connectivity index (χ3n) is 3.92. The molecule has 5 nitrogen and oxygen atoms in total. The SMILES string of the molecule is COc1cc(CCl)ccc1S(=O)(=O)N1CCN(C)C(C)C1. The molecule has 1 aliphatic heterocycles. The summed E-state index contributed by atoms with van der Waals surface area (Å²) in [5, 5.41) is 0. The van der Waals surface area contributed by atoms with Crippen molar-refractivity contribution in [1.29, 1.82) is 0 Å². The number of piperazine rings is 1. The first-order valence-electron chi connectivity index (χ1n) is 6.83. The molecule has 1 aromatic carbocycles. The van der Waals surface area contributed by atoms with E-state index in [4.69, 9.17) is 16.3 Å². The summed E-state index contributed by atoms with van der Waals surface area (Å²) in [7, 11) is -0.0719. The summed E-state index contributed by atoms with van der Waals surface area (Å²) in [4.78, 5) is 2.36. The number of alkyl halides is 1. The highest BCUT2D eigenvalue weighted by molar-refractivity contribution is 7.89. The van der Waals surface area contributed by atoms with Gasteiger partial charge < -0.3 is 9.64 Å². The van der Waals surface area contributed by atoms with Gasteiger partial charge in [-0.3, -0.25) is 0 Å². The molecular weight excluding hydrogens is 312 g/mol. The zero-order valence-corrected chi connectivity index (χ0v) is 14.1. The van der Waals surface area contributed by atoms with Gasteiger partial charge in [0.2, 0.25) is 10.0 Å². The fourth-order valence-corrected chi connectivity index (χ4v) is 4.20. The number of benzene rings is 1. The number of hydrogen-bond donors (Lipinski definition) is 0. The summed E-state index contributed by atoms with van der Waals surface area (Å²) >= 11 is 5.79. The molecule has 0 radical (unpaired) electrons. The van der Waals surface area contributed by atoms with Gasteiger partial charge in [-0.25, -0.2) is 8.42 Å². The van der Waals surface area contributed by atoms with Crippen LogP contribution >= 0.6 is 11.6 Å². The molecule has 1 aliphatic rings. The Balaban J connectivity index is 2.35. The van der Waals surface area contributed by atoms with E-state index < -0.39 is 10.0 Å². The molecule has 7 heteroatoms. The van der Waals surface area contributed by atoms with Crippen LogP contribution in [0.5, 0.6) is 5.75 Å². The number of nitrogens with zero attached hydrogens (tertiary/aromatic N) is 2. The first-order chi connectivity index (χ1) is 9.90. The summed E-state index contributed by atoms with van der Waals surface area (Å²) in [6.45, 7) is 3.72. The number of ether oxygens (including phenoxy) is 1. The molecule has 2 rings (SSSR count). The van der Waals surface area contributed by atoms with Crippen molar-refractivity contribution in [3.8, 4) is 5.75 Å². The molecule has 0 saturated carbocycles. The standard InChI is InChI=1S/C14H21ClN2O3S/c1-11-10-17(7-6-16(11)2)21(18,19)14-5-4-12(9-15)8-13(14)20-3/h4-5,8,11H,6-7,9-10H2,1-3H3. The predicted molar refractivity (Wildman–Crippen MR) is 83.4 cm³/mol. The molecule has 1 atom stereocenters. The van der Waals surface area contributed by atoms with E-state index in [1.165, 1.54) is 11.4 Å². The van der Waals surface area contributed by atoms with E-state index in [0.29, 0.717) is 24.7 Å².